The van der Waals surface area contributed by atoms with Crippen LogP contribution in [0.5, 0.6) is 0 Å². The second kappa shape index (κ2) is 5.90. The summed E-state index contributed by atoms with van der Waals surface area (Å²) in [6.07, 6.45) is 0.950. The first kappa shape index (κ1) is 15.0. The molecule has 1 saturated carbocycles. The number of amides is 1. The molecule has 2 rings (SSSR count). The molecule has 1 amide bonds. The standard InChI is InChI=1S/C14H16N2O5/c1-8-3-4-10(7-12(8)16(19)20)14(18)21-9(2)13(17)15-11-5-6-11/h3-4,7,9,11H,5-6H2,1-2H3,(H,15,17)/t9-/m0/s1. The Hall–Kier alpha value is -2.44. The Morgan fingerprint density at radius 3 is 2.67 bits per heavy atom. The summed E-state index contributed by atoms with van der Waals surface area (Å²) in [4.78, 5) is 33.9. The van der Waals surface area contributed by atoms with E-state index >= 15 is 0 Å². The third-order valence-electron chi connectivity index (χ3n) is 3.22. The van der Waals surface area contributed by atoms with Gasteiger partial charge in [0, 0.05) is 17.7 Å². The average Bonchev–Trinajstić information content (AvgIpc) is 3.22. The van der Waals surface area contributed by atoms with Crippen LogP contribution < -0.4 is 5.32 Å². The van der Waals surface area contributed by atoms with Crippen molar-refractivity contribution < 1.29 is 19.2 Å². The van der Waals surface area contributed by atoms with Crippen molar-refractivity contribution in [3.05, 3.63) is 39.4 Å². The molecular formula is C14H16N2O5. The zero-order chi connectivity index (χ0) is 15.6. The van der Waals surface area contributed by atoms with E-state index in [0.29, 0.717) is 5.56 Å². The maximum atomic E-state index is 11.9. The van der Waals surface area contributed by atoms with E-state index in [0.717, 1.165) is 18.9 Å². The third kappa shape index (κ3) is 3.77. The largest absolute Gasteiger partial charge is 0.449 e. The van der Waals surface area contributed by atoms with E-state index in [1.807, 2.05) is 0 Å². The van der Waals surface area contributed by atoms with Crippen molar-refractivity contribution in [3.63, 3.8) is 0 Å². The van der Waals surface area contributed by atoms with Crippen LogP contribution in [0.25, 0.3) is 0 Å². The highest BCUT2D eigenvalue weighted by molar-refractivity contribution is 5.93. The molecule has 1 aromatic carbocycles. The normalized spacial score (nSPS) is 15.1. The van der Waals surface area contributed by atoms with E-state index in [1.165, 1.54) is 19.1 Å². The fourth-order valence-electron chi connectivity index (χ4n) is 1.76. The summed E-state index contributed by atoms with van der Waals surface area (Å²) in [6, 6.07) is 4.25. The fourth-order valence-corrected chi connectivity index (χ4v) is 1.76. The number of nitro benzene ring substituents is 1. The van der Waals surface area contributed by atoms with E-state index in [1.54, 1.807) is 6.92 Å². The molecule has 21 heavy (non-hydrogen) atoms. The number of nitro groups is 1. The quantitative estimate of drug-likeness (QED) is 0.506. The first-order chi connectivity index (χ1) is 9.88. The van der Waals surface area contributed by atoms with Crippen LogP contribution in [-0.2, 0) is 9.53 Å². The summed E-state index contributed by atoms with van der Waals surface area (Å²) < 4.78 is 5.03. The molecule has 1 aliphatic rings. The first-order valence-electron chi connectivity index (χ1n) is 6.65. The summed E-state index contributed by atoms with van der Waals surface area (Å²) in [5.41, 5.74) is 0.356. The Kier molecular flexibility index (Phi) is 4.21. The van der Waals surface area contributed by atoms with Crippen LogP contribution in [0.2, 0.25) is 0 Å². The topological polar surface area (TPSA) is 98.5 Å². The Balaban J connectivity index is 2.03. The van der Waals surface area contributed by atoms with Crippen LogP contribution in [0, 0.1) is 17.0 Å². The van der Waals surface area contributed by atoms with Crippen LogP contribution in [0.4, 0.5) is 5.69 Å². The number of nitrogens with one attached hydrogen (secondary N) is 1. The summed E-state index contributed by atoms with van der Waals surface area (Å²) in [6.45, 7) is 3.05. The highest BCUT2D eigenvalue weighted by Gasteiger charge is 2.27. The van der Waals surface area contributed by atoms with Gasteiger partial charge in [0.2, 0.25) is 0 Å². The fraction of sp³-hybridized carbons (Fsp3) is 0.429. The van der Waals surface area contributed by atoms with E-state index in [-0.39, 0.29) is 23.2 Å². The number of hydrogen-bond acceptors (Lipinski definition) is 5. The number of rotatable bonds is 5. The molecule has 1 N–H and O–H groups in total. The second-order valence-corrected chi connectivity index (χ2v) is 5.09. The minimum atomic E-state index is -0.932. The molecular weight excluding hydrogens is 276 g/mol. The minimum absolute atomic E-state index is 0.0540. The SMILES string of the molecule is Cc1ccc(C(=O)O[C@@H](C)C(=O)NC2CC2)cc1[N+](=O)[O-]. The van der Waals surface area contributed by atoms with Crippen molar-refractivity contribution in [2.45, 2.75) is 38.8 Å². The van der Waals surface area contributed by atoms with Crippen molar-refractivity contribution >= 4 is 17.6 Å². The highest BCUT2D eigenvalue weighted by Crippen LogP contribution is 2.21. The lowest BCUT2D eigenvalue weighted by atomic mass is 10.1. The predicted molar refractivity (Wildman–Crippen MR) is 73.9 cm³/mol. The summed E-state index contributed by atoms with van der Waals surface area (Å²) in [5, 5.41) is 13.6. The Labute approximate surface area is 121 Å². The van der Waals surface area contributed by atoms with Crippen molar-refractivity contribution in [1.82, 2.24) is 5.32 Å². The van der Waals surface area contributed by atoms with Gasteiger partial charge >= 0.3 is 5.97 Å². The molecule has 1 fully saturated rings. The Morgan fingerprint density at radius 1 is 1.43 bits per heavy atom. The number of ether oxygens (including phenoxy) is 1. The number of carbonyl (C=O) groups is 2. The van der Waals surface area contributed by atoms with Gasteiger partial charge in [-0.1, -0.05) is 6.07 Å². The lowest BCUT2D eigenvalue weighted by Gasteiger charge is -2.13. The van der Waals surface area contributed by atoms with E-state index < -0.39 is 17.0 Å². The molecule has 0 spiro atoms. The van der Waals surface area contributed by atoms with Gasteiger partial charge in [-0.05, 0) is 32.8 Å². The molecule has 1 atom stereocenters. The predicted octanol–water partition coefficient (Wildman–Crippen LogP) is 1.73. The number of aryl methyl sites for hydroxylation is 1. The van der Waals surface area contributed by atoms with Crippen molar-refractivity contribution in [1.29, 1.82) is 0 Å². The van der Waals surface area contributed by atoms with Gasteiger partial charge in [0.15, 0.2) is 6.10 Å². The number of nitrogens with zero attached hydrogens (tertiary/aromatic N) is 1. The van der Waals surface area contributed by atoms with E-state index in [2.05, 4.69) is 5.32 Å². The molecule has 1 aromatic rings. The molecule has 1 aliphatic carbocycles. The van der Waals surface area contributed by atoms with Crippen LogP contribution in [-0.4, -0.2) is 28.9 Å². The number of esters is 1. The average molecular weight is 292 g/mol. The van der Waals surface area contributed by atoms with Gasteiger partial charge in [0.05, 0.1) is 10.5 Å². The maximum absolute atomic E-state index is 11.9. The van der Waals surface area contributed by atoms with Crippen molar-refractivity contribution in [2.75, 3.05) is 0 Å². The zero-order valence-corrected chi connectivity index (χ0v) is 11.8. The zero-order valence-electron chi connectivity index (χ0n) is 11.8. The monoisotopic (exact) mass is 292 g/mol. The van der Waals surface area contributed by atoms with Gasteiger partial charge in [0.25, 0.3) is 11.6 Å². The summed E-state index contributed by atoms with van der Waals surface area (Å²) >= 11 is 0. The lowest BCUT2D eigenvalue weighted by Crippen LogP contribution is -2.37. The van der Waals surface area contributed by atoms with Gasteiger partial charge in [0.1, 0.15) is 0 Å². The van der Waals surface area contributed by atoms with Crippen LogP contribution in [0.3, 0.4) is 0 Å². The summed E-state index contributed by atoms with van der Waals surface area (Å²) in [7, 11) is 0. The van der Waals surface area contributed by atoms with Crippen molar-refractivity contribution in [3.8, 4) is 0 Å². The molecule has 7 heteroatoms. The van der Waals surface area contributed by atoms with Crippen LogP contribution >= 0.6 is 0 Å². The van der Waals surface area contributed by atoms with E-state index in [9.17, 15) is 19.7 Å². The van der Waals surface area contributed by atoms with Gasteiger partial charge in [-0.2, -0.15) is 0 Å². The van der Waals surface area contributed by atoms with Crippen LogP contribution in [0.15, 0.2) is 18.2 Å². The number of benzene rings is 1. The maximum Gasteiger partial charge on any atom is 0.339 e. The minimum Gasteiger partial charge on any atom is -0.449 e. The summed E-state index contributed by atoms with van der Waals surface area (Å²) in [5.74, 6) is -1.11. The lowest BCUT2D eigenvalue weighted by molar-refractivity contribution is -0.385. The third-order valence-corrected chi connectivity index (χ3v) is 3.22. The second-order valence-electron chi connectivity index (χ2n) is 5.09. The van der Waals surface area contributed by atoms with Gasteiger partial charge < -0.3 is 10.1 Å². The molecule has 0 bridgehead atoms. The molecule has 0 unspecified atom stereocenters. The smallest absolute Gasteiger partial charge is 0.339 e. The Morgan fingerprint density at radius 2 is 2.10 bits per heavy atom. The van der Waals surface area contributed by atoms with Gasteiger partial charge in [-0.25, -0.2) is 4.79 Å². The first-order valence-corrected chi connectivity index (χ1v) is 6.65. The van der Waals surface area contributed by atoms with Crippen LogP contribution in [0.1, 0.15) is 35.7 Å². The highest BCUT2D eigenvalue weighted by atomic mass is 16.6. The van der Waals surface area contributed by atoms with Crippen molar-refractivity contribution in [2.24, 2.45) is 0 Å². The van der Waals surface area contributed by atoms with E-state index in [4.69, 9.17) is 4.74 Å². The number of hydrogen-bond donors (Lipinski definition) is 1. The number of carbonyl (C=O) groups excluding carboxylic acids is 2. The molecule has 0 aromatic heterocycles. The molecule has 0 heterocycles. The van der Waals surface area contributed by atoms with Gasteiger partial charge in [-0.15, -0.1) is 0 Å². The molecule has 112 valence electrons. The Bertz CT molecular complexity index is 595. The molecule has 0 aliphatic heterocycles. The molecule has 0 radical (unpaired) electrons. The molecule has 7 nitrogen and oxygen atoms in total. The molecule has 0 saturated heterocycles. The van der Waals surface area contributed by atoms with Gasteiger partial charge in [-0.3, -0.25) is 14.9 Å².